The molecule has 2 aromatic rings. The van der Waals surface area contributed by atoms with E-state index in [0.29, 0.717) is 18.1 Å². The predicted molar refractivity (Wildman–Crippen MR) is 59.2 cm³/mol. The van der Waals surface area contributed by atoms with Crippen molar-refractivity contribution in [1.82, 2.24) is 19.7 Å². The van der Waals surface area contributed by atoms with Crippen molar-refractivity contribution in [3.63, 3.8) is 0 Å². The molecule has 82 valence electrons. The van der Waals surface area contributed by atoms with Gasteiger partial charge in [0.1, 0.15) is 5.82 Å². The lowest BCUT2D eigenvalue weighted by Gasteiger charge is -2.03. The molecule has 0 saturated heterocycles. The number of hydrogen-bond acceptors (Lipinski definition) is 5. The van der Waals surface area contributed by atoms with Gasteiger partial charge in [0.05, 0.1) is 24.6 Å². The fourth-order valence-electron chi connectivity index (χ4n) is 1.22. The minimum absolute atomic E-state index is 0.151. The van der Waals surface area contributed by atoms with Gasteiger partial charge < -0.3 is 5.32 Å². The molecule has 0 fully saturated rings. The van der Waals surface area contributed by atoms with Crippen molar-refractivity contribution in [2.75, 3.05) is 12.4 Å². The summed E-state index contributed by atoms with van der Waals surface area (Å²) in [5.74, 6) is 0.692. The third kappa shape index (κ3) is 2.22. The van der Waals surface area contributed by atoms with E-state index in [1.54, 1.807) is 31.7 Å². The van der Waals surface area contributed by atoms with E-state index in [9.17, 15) is 4.79 Å². The molecule has 0 aromatic carbocycles. The maximum absolute atomic E-state index is 11.4. The van der Waals surface area contributed by atoms with E-state index >= 15 is 0 Å². The average Bonchev–Trinajstić information content (AvgIpc) is 2.33. The highest BCUT2D eigenvalue weighted by molar-refractivity contribution is 5.29. The first-order chi connectivity index (χ1) is 7.79. The molecule has 2 rings (SSSR count). The smallest absolute Gasteiger partial charge is 0.267 e. The van der Waals surface area contributed by atoms with Crippen molar-refractivity contribution in [3.05, 3.63) is 46.8 Å². The summed E-state index contributed by atoms with van der Waals surface area (Å²) in [6.45, 7) is 0.330. The second kappa shape index (κ2) is 4.52. The molecule has 2 heterocycles. The second-order valence-corrected chi connectivity index (χ2v) is 3.16. The number of nitrogens with zero attached hydrogens (tertiary/aromatic N) is 4. The Bertz CT molecular complexity index is 519. The van der Waals surface area contributed by atoms with Gasteiger partial charge >= 0.3 is 0 Å². The largest absolute Gasteiger partial charge is 0.372 e. The Morgan fingerprint density at radius 2 is 2.25 bits per heavy atom. The van der Waals surface area contributed by atoms with Crippen LogP contribution in [0.3, 0.4) is 0 Å². The average molecular weight is 217 g/mol. The molecule has 6 heteroatoms. The Hall–Kier alpha value is -2.24. The fourth-order valence-corrected chi connectivity index (χ4v) is 1.22. The van der Waals surface area contributed by atoms with Crippen LogP contribution in [0, 0.1) is 0 Å². The Morgan fingerprint density at radius 1 is 1.38 bits per heavy atom. The monoisotopic (exact) mass is 217 g/mol. The predicted octanol–water partition coefficient (Wildman–Crippen LogP) is 0.123. The number of rotatable bonds is 3. The fraction of sp³-hybridized carbons (Fsp3) is 0.200. The van der Waals surface area contributed by atoms with Crippen molar-refractivity contribution in [3.8, 4) is 0 Å². The summed E-state index contributed by atoms with van der Waals surface area (Å²) in [6.07, 6.45) is 4.80. The van der Waals surface area contributed by atoms with Gasteiger partial charge in [-0.05, 0) is 6.07 Å². The molecule has 0 saturated carbocycles. The van der Waals surface area contributed by atoms with Crippen LogP contribution < -0.4 is 10.9 Å². The molecular weight excluding hydrogens is 206 g/mol. The van der Waals surface area contributed by atoms with Gasteiger partial charge in [0, 0.05) is 19.3 Å². The van der Waals surface area contributed by atoms with Gasteiger partial charge in [-0.1, -0.05) is 0 Å². The quantitative estimate of drug-likeness (QED) is 0.790. The molecule has 6 nitrogen and oxygen atoms in total. The first-order valence-corrected chi connectivity index (χ1v) is 4.80. The van der Waals surface area contributed by atoms with Crippen molar-refractivity contribution in [2.24, 2.45) is 0 Å². The van der Waals surface area contributed by atoms with E-state index in [-0.39, 0.29) is 5.56 Å². The first-order valence-electron chi connectivity index (χ1n) is 4.80. The van der Waals surface area contributed by atoms with Gasteiger partial charge in [-0.3, -0.25) is 9.78 Å². The topological polar surface area (TPSA) is 72.7 Å². The molecular formula is C10H11N5O. The summed E-state index contributed by atoms with van der Waals surface area (Å²) in [7, 11) is 1.77. The lowest BCUT2D eigenvalue weighted by atomic mass is 10.4. The molecule has 0 aliphatic heterocycles. The van der Waals surface area contributed by atoms with Crippen LogP contribution in [0.15, 0.2) is 35.5 Å². The van der Waals surface area contributed by atoms with E-state index in [1.807, 2.05) is 0 Å². The molecule has 0 spiro atoms. The van der Waals surface area contributed by atoms with Gasteiger partial charge in [0.15, 0.2) is 0 Å². The van der Waals surface area contributed by atoms with Gasteiger partial charge in [0.25, 0.3) is 5.56 Å². The summed E-state index contributed by atoms with van der Waals surface area (Å²) in [4.78, 5) is 19.7. The van der Waals surface area contributed by atoms with Crippen LogP contribution in [-0.4, -0.2) is 26.8 Å². The first kappa shape index (κ1) is 10.3. The molecule has 0 radical (unpaired) electrons. The highest BCUT2D eigenvalue weighted by atomic mass is 16.1. The minimum atomic E-state index is -0.151. The van der Waals surface area contributed by atoms with E-state index in [2.05, 4.69) is 20.4 Å². The van der Waals surface area contributed by atoms with E-state index in [0.717, 1.165) is 0 Å². The third-order valence-corrected chi connectivity index (χ3v) is 2.06. The molecule has 0 bridgehead atoms. The Labute approximate surface area is 92.0 Å². The standard InChI is InChI=1S/C10H11N5O/c1-11-9-6-12-8(5-13-9)7-15-10(16)3-2-4-14-15/h2-6H,7H2,1H3,(H,11,13). The Morgan fingerprint density at radius 3 is 2.88 bits per heavy atom. The van der Waals surface area contributed by atoms with E-state index in [4.69, 9.17) is 0 Å². The maximum atomic E-state index is 11.4. The molecule has 0 atom stereocenters. The number of aromatic nitrogens is 4. The van der Waals surface area contributed by atoms with Crippen LogP contribution >= 0.6 is 0 Å². The number of hydrogen-bond donors (Lipinski definition) is 1. The normalized spacial score (nSPS) is 10.1. The molecule has 0 aliphatic rings. The van der Waals surface area contributed by atoms with Crippen molar-refractivity contribution in [1.29, 1.82) is 0 Å². The summed E-state index contributed by atoms with van der Waals surface area (Å²) in [5.41, 5.74) is 0.543. The SMILES string of the molecule is CNc1cnc(Cn2ncccc2=O)cn1. The zero-order valence-corrected chi connectivity index (χ0v) is 8.79. The van der Waals surface area contributed by atoms with Crippen LogP contribution in [0.2, 0.25) is 0 Å². The van der Waals surface area contributed by atoms with Crippen LogP contribution in [0.1, 0.15) is 5.69 Å². The van der Waals surface area contributed by atoms with E-state index in [1.165, 1.54) is 10.7 Å². The van der Waals surface area contributed by atoms with E-state index < -0.39 is 0 Å². The molecule has 0 amide bonds. The van der Waals surface area contributed by atoms with Crippen LogP contribution in [0.5, 0.6) is 0 Å². The van der Waals surface area contributed by atoms with Crippen molar-refractivity contribution < 1.29 is 0 Å². The van der Waals surface area contributed by atoms with Crippen molar-refractivity contribution >= 4 is 5.82 Å². The van der Waals surface area contributed by atoms with Crippen LogP contribution in [-0.2, 0) is 6.54 Å². The van der Waals surface area contributed by atoms with Gasteiger partial charge in [-0.15, -0.1) is 0 Å². The highest BCUT2D eigenvalue weighted by Crippen LogP contribution is 1.99. The zero-order chi connectivity index (χ0) is 11.4. The van der Waals surface area contributed by atoms with Gasteiger partial charge in [0.2, 0.25) is 0 Å². The van der Waals surface area contributed by atoms with Crippen LogP contribution in [0.25, 0.3) is 0 Å². The minimum Gasteiger partial charge on any atom is -0.372 e. The molecule has 0 aliphatic carbocycles. The Kier molecular flexibility index (Phi) is 2.90. The zero-order valence-electron chi connectivity index (χ0n) is 8.79. The number of anilines is 1. The maximum Gasteiger partial charge on any atom is 0.267 e. The summed E-state index contributed by atoms with van der Waals surface area (Å²) < 4.78 is 1.34. The summed E-state index contributed by atoms with van der Waals surface area (Å²) in [6, 6.07) is 3.07. The second-order valence-electron chi connectivity index (χ2n) is 3.16. The molecule has 16 heavy (non-hydrogen) atoms. The van der Waals surface area contributed by atoms with Gasteiger partial charge in [-0.2, -0.15) is 5.10 Å². The molecule has 1 N–H and O–H groups in total. The highest BCUT2D eigenvalue weighted by Gasteiger charge is 2.00. The lowest BCUT2D eigenvalue weighted by Crippen LogP contribution is -2.22. The van der Waals surface area contributed by atoms with Crippen LogP contribution in [0.4, 0.5) is 5.82 Å². The van der Waals surface area contributed by atoms with Gasteiger partial charge in [-0.25, -0.2) is 9.67 Å². The molecule has 0 unspecified atom stereocenters. The third-order valence-electron chi connectivity index (χ3n) is 2.06. The molecule has 2 aromatic heterocycles. The summed E-state index contributed by atoms with van der Waals surface area (Å²) in [5, 5.41) is 6.81. The lowest BCUT2D eigenvalue weighted by molar-refractivity contribution is 0.626. The Balaban J connectivity index is 2.21. The summed E-state index contributed by atoms with van der Waals surface area (Å²) >= 11 is 0. The number of nitrogens with one attached hydrogen (secondary N) is 1. The van der Waals surface area contributed by atoms with Crippen molar-refractivity contribution in [2.45, 2.75) is 6.54 Å².